The maximum Gasteiger partial charge on any atom is 0.235 e. The molecule has 2 aliphatic rings. The van der Waals surface area contributed by atoms with Crippen molar-refractivity contribution in [1.29, 1.82) is 0 Å². The molecule has 0 radical (unpaired) electrons. The summed E-state index contributed by atoms with van der Waals surface area (Å²) in [5, 5.41) is 3.08. The van der Waals surface area contributed by atoms with Crippen LogP contribution in [0.1, 0.15) is 40.0 Å². The summed E-state index contributed by atoms with van der Waals surface area (Å²) < 4.78 is 0. The number of rotatable bonds is 3. The molecule has 0 saturated heterocycles. The molecular weight excluding hydrogens is 283 g/mol. The van der Waals surface area contributed by atoms with Crippen molar-refractivity contribution in [1.82, 2.24) is 5.32 Å². The molecule has 1 heterocycles. The lowest BCUT2D eigenvalue weighted by Gasteiger charge is -2.51. The lowest BCUT2D eigenvalue weighted by atomic mass is 9.61. The summed E-state index contributed by atoms with van der Waals surface area (Å²) in [7, 11) is 0. The Morgan fingerprint density at radius 1 is 1.42 bits per heavy atom. The summed E-state index contributed by atoms with van der Waals surface area (Å²) in [5.74, 6) is 1.15. The van der Waals surface area contributed by atoms with Crippen LogP contribution in [-0.2, 0) is 4.79 Å². The molecule has 1 N–H and O–H groups in total. The van der Waals surface area contributed by atoms with Crippen LogP contribution in [0.3, 0.4) is 0 Å². The Bertz CT molecular complexity index is 408. The standard InChI is InChI=1S/C14H22Cl2N2O/c1-13(2)9-4-5-14(3,18-12(19)8-16)10(6-9)11(7-15)17-13/h9-10H,4-8H2,1-3H3,(H,18,19)/t9-,10+,14-/m0/s1. The van der Waals surface area contributed by atoms with Crippen molar-refractivity contribution < 1.29 is 4.79 Å². The molecule has 3 nitrogen and oxygen atoms in total. The summed E-state index contributed by atoms with van der Waals surface area (Å²) in [5.41, 5.74) is 0.741. The third-order valence-corrected chi connectivity index (χ3v) is 5.33. The molecule has 1 aliphatic heterocycles. The average Bonchev–Trinajstić information content (AvgIpc) is 2.35. The quantitative estimate of drug-likeness (QED) is 0.800. The first kappa shape index (κ1) is 15.1. The second-order valence-electron chi connectivity index (χ2n) is 6.51. The highest BCUT2D eigenvalue weighted by Gasteiger charge is 2.49. The number of fused-ring (bicyclic) bond motifs is 2. The van der Waals surface area contributed by atoms with E-state index in [4.69, 9.17) is 28.2 Å². The molecule has 108 valence electrons. The van der Waals surface area contributed by atoms with E-state index in [9.17, 15) is 4.79 Å². The molecule has 3 atom stereocenters. The number of carbonyl (C=O) groups is 1. The Labute approximate surface area is 125 Å². The second kappa shape index (κ2) is 5.25. The zero-order valence-corrected chi connectivity index (χ0v) is 13.3. The average molecular weight is 305 g/mol. The van der Waals surface area contributed by atoms with Gasteiger partial charge in [-0.25, -0.2) is 0 Å². The van der Waals surface area contributed by atoms with Crippen LogP contribution in [0.2, 0.25) is 0 Å². The van der Waals surface area contributed by atoms with Crippen LogP contribution in [-0.4, -0.2) is 34.5 Å². The fraction of sp³-hybridized carbons (Fsp3) is 0.857. The van der Waals surface area contributed by atoms with Crippen molar-refractivity contribution in [2.45, 2.75) is 51.1 Å². The normalized spacial score (nSPS) is 36.6. The van der Waals surface area contributed by atoms with Crippen molar-refractivity contribution in [3.63, 3.8) is 0 Å². The maximum atomic E-state index is 11.7. The number of hydrogen-bond donors (Lipinski definition) is 1. The van der Waals surface area contributed by atoms with Crippen LogP contribution >= 0.6 is 23.2 Å². The van der Waals surface area contributed by atoms with E-state index in [1.807, 2.05) is 0 Å². The van der Waals surface area contributed by atoms with Crippen molar-refractivity contribution in [2.75, 3.05) is 11.8 Å². The molecule has 1 amide bonds. The highest BCUT2D eigenvalue weighted by atomic mass is 35.5. The van der Waals surface area contributed by atoms with Crippen LogP contribution in [0.25, 0.3) is 0 Å². The number of carbonyl (C=O) groups excluding carboxylic acids is 1. The van der Waals surface area contributed by atoms with Gasteiger partial charge in [0.1, 0.15) is 5.88 Å². The molecule has 1 aliphatic carbocycles. The number of halogens is 2. The molecule has 19 heavy (non-hydrogen) atoms. The van der Waals surface area contributed by atoms with E-state index in [2.05, 4.69) is 26.1 Å². The minimum Gasteiger partial charge on any atom is -0.349 e. The van der Waals surface area contributed by atoms with Crippen molar-refractivity contribution in [3.05, 3.63) is 0 Å². The van der Waals surface area contributed by atoms with E-state index < -0.39 is 0 Å². The molecule has 0 aromatic carbocycles. The Hall–Kier alpha value is -0.280. The number of hydrogen-bond acceptors (Lipinski definition) is 2. The predicted molar refractivity (Wildman–Crippen MR) is 80.3 cm³/mol. The van der Waals surface area contributed by atoms with E-state index in [0.717, 1.165) is 25.0 Å². The minimum absolute atomic E-state index is 0.00455. The molecule has 0 spiro atoms. The first-order valence-electron chi connectivity index (χ1n) is 6.84. The monoisotopic (exact) mass is 304 g/mol. The van der Waals surface area contributed by atoms with Gasteiger partial charge in [-0.2, -0.15) is 0 Å². The molecule has 1 fully saturated rings. The van der Waals surface area contributed by atoms with Crippen molar-refractivity contribution in [3.8, 4) is 0 Å². The second-order valence-corrected chi connectivity index (χ2v) is 7.05. The lowest BCUT2D eigenvalue weighted by Crippen LogP contribution is -2.60. The van der Waals surface area contributed by atoms with Crippen LogP contribution < -0.4 is 5.32 Å². The zero-order valence-electron chi connectivity index (χ0n) is 11.8. The van der Waals surface area contributed by atoms with Gasteiger partial charge in [-0.1, -0.05) is 0 Å². The van der Waals surface area contributed by atoms with Crippen LogP contribution in [0.5, 0.6) is 0 Å². The summed E-state index contributed by atoms with van der Waals surface area (Å²) in [6.07, 6.45) is 3.10. The fourth-order valence-corrected chi connectivity index (χ4v) is 3.93. The van der Waals surface area contributed by atoms with Crippen molar-refractivity contribution in [2.24, 2.45) is 16.8 Å². The largest absolute Gasteiger partial charge is 0.349 e. The van der Waals surface area contributed by atoms with Gasteiger partial charge in [0, 0.05) is 17.2 Å². The SMILES string of the molecule is CC1(C)N=C(CCl)[C@H]2C[C@@H]1CC[C@]2(C)NC(=O)CCl. The number of nitrogens with zero attached hydrogens (tertiary/aromatic N) is 1. The van der Waals surface area contributed by atoms with Gasteiger partial charge in [-0.3, -0.25) is 9.79 Å². The molecule has 0 unspecified atom stereocenters. The Morgan fingerprint density at radius 3 is 2.68 bits per heavy atom. The molecule has 2 rings (SSSR count). The minimum atomic E-state index is -0.257. The smallest absolute Gasteiger partial charge is 0.235 e. The number of alkyl halides is 2. The first-order chi connectivity index (χ1) is 8.82. The van der Waals surface area contributed by atoms with Crippen LogP contribution in [0.4, 0.5) is 0 Å². The highest BCUT2D eigenvalue weighted by molar-refractivity contribution is 6.29. The third kappa shape index (κ3) is 2.78. The van der Waals surface area contributed by atoms with Gasteiger partial charge in [0.05, 0.1) is 11.4 Å². The Morgan fingerprint density at radius 2 is 2.11 bits per heavy atom. The van der Waals surface area contributed by atoms with Gasteiger partial charge in [0.2, 0.25) is 5.91 Å². The fourth-order valence-electron chi connectivity index (χ4n) is 3.62. The van der Waals surface area contributed by atoms with E-state index in [1.165, 1.54) is 0 Å². The Balaban J connectivity index is 2.30. The van der Waals surface area contributed by atoms with Gasteiger partial charge in [-0.15, -0.1) is 23.2 Å². The molecule has 1 saturated carbocycles. The topological polar surface area (TPSA) is 41.5 Å². The third-order valence-electron chi connectivity index (χ3n) is 4.82. The number of nitrogens with one attached hydrogen (secondary N) is 1. The molecule has 2 bridgehead atoms. The van der Waals surface area contributed by atoms with Crippen LogP contribution in [0.15, 0.2) is 4.99 Å². The van der Waals surface area contributed by atoms with E-state index in [0.29, 0.717) is 11.8 Å². The first-order valence-corrected chi connectivity index (χ1v) is 7.91. The van der Waals surface area contributed by atoms with E-state index in [-0.39, 0.29) is 28.8 Å². The van der Waals surface area contributed by atoms with Gasteiger partial charge >= 0.3 is 0 Å². The summed E-state index contributed by atoms with van der Waals surface area (Å²) in [6, 6.07) is 0. The van der Waals surface area contributed by atoms with E-state index in [1.54, 1.807) is 0 Å². The number of amides is 1. The molecule has 5 heteroatoms. The summed E-state index contributed by atoms with van der Waals surface area (Å²) in [4.78, 5) is 16.5. The maximum absolute atomic E-state index is 11.7. The van der Waals surface area contributed by atoms with Gasteiger partial charge in [0.25, 0.3) is 0 Å². The molecule has 0 aromatic heterocycles. The number of aliphatic imine (C=N–C) groups is 1. The summed E-state index contributed by atoms with van der Waals surface area (Å²) in [6.45, 7) is 6.46. The highest BCUT2D eigenvalue weighted by Crippen LogP contribution is 2.47. The van der Waals surface area contributed by atoms with Gasteiger partial charge in [-0.05, 0) is 46.0 Å². The van der Waals surface area contributed by atoms with Crippen LogP contribution in [0, 0.1) is 11.8 Å². The predicted octanol–water partition coefficient (Wildman–Crippen LogP) is 2.99. The van der Waals surface area contributed by atoms with Gasteiger partial charge < -0.3 is 5.32 Å². The molecule has 0 aromatic rings. The lowest BCUT2D eigenvalue weighted by molar-refractivity contribution is -0.121. The molecular formula is C14H22Cl2N2O. The van der Waals surface area contributed by atoms with E-state index >= 15 is 0 Å². The zero-order chi connectivity index (χ0) is 14.3. The Kier molecular flexibility index (Phi) is 4.18. The van der Waals surface area contributed by atoms with Crippen molar-refractivity contribution >= 4 is 34.8 Å². The summed E-state index contributed by atoms with van der Waals surface area (Å²) >= 11 is 11.7. The van der Waals surface area contributed by atoms with Gasteiger partial charge in [0.15, 0.2) is 0 Å².